The van der Waals surface area contributed by atoms with Gasteiger partial charge in [-0.05, 0) is 18.2 Å². The highest BCUT2D eigenvalue weighted by atomic mass is 35.5. The fourth-order valence-electron chi connectivity index (χ4n) is 3.83. The number of aliphatic hydroxyl groups excluding tert-OH is 1. The van der Waals surface area contributed by atoms with Crippen LogP contribution in [-0.4, -0.2) is 64.8 Å². The largest absolute Gasteiger partial charge is 0.494 e. The summed E-state index contributed by atoms with van der Waals surface area (Å²) in [4.78, 5) is 11.6. The van der Waals surface area contributed by atoms with E-state index >= 15 is 0 Å². The van der Waals surface area contributed by atoms with Crippen molar-refractivity contribution in [3.63, 3.8) is 0 Å². The van der Waals surface area contributed by atoms with Gasteiger partial charge in [0.2, 0.25) is 0 Å². The maximum atomic E-state index is 14.4. The summed E-state index contributed by atoms with van der Waals surface area (Å²) in [7, 11) is 1.30. The number of anilines is 1. The van der Waals surface area contributed by atoms with Crippen molar-refractivity contribution in [1.29, 1.82) is 0 Å². The molecule has 2 saturated heterocycles. The number of imidazole rings is 1. The van der Waals surface area contributed by atoms with Crippen LogP contribution in [0.15, 0.2) is 18.2 Å². The van der Waals surface area contributed by atoms with Crippen LogP contribution in [0.25, 0.3) is 11.2 Å². The van der Waals surface area contributed by atoms with Gasteiger partial charge in [0.05, 0.1) is 30.9 Å². The normalized spacial score (nSPS) is 24.7. The number of hydrogen-bond donors (Lipinski definition) is 3. The number of aromatic nitrogens is 3. The summed E-state index contributed by atoms with van der Waals surface area (Å²) in [6.45, 7) is 0.237. The van der Waals surface area contributed by atoms with Crippen molar-refractivity contribution in [2.24, 2.45) is 0 Å². The van der Waals surface area contributed by atoms with Crippen LogP contribution >= 0.6 is 11.6 Å². The average Bonchev–Trinajstić information content (AvgIpc) is 3.45. The minimum Gasteiger partial charge on any atom is -0.494 e. The van der Waals surface area contributed by atoms with Crippen LogP contribution in [0.2, 0.25) is 5.02 Å². The van der Waals surface area contributed by atoms with Crippen LogP contribution in [0.3, 0.4) is 0 Å². The molecular formula is C20H19ClF2N4O5. The van der Waals surface area contributed by atoms with Crippen molar-refractivity contribution in [3.8, 4) is 11.8 Å². The summed E-state index contributed by atoms with van der Waals surface area (Å²) in [5.74, 6) is -1.39. The first-order valence-electron chi connectivity index (χ1n) is 9.83. The molecule has 4 heterocycles. The van der Waals surface area contributed by atoms with Gasteiger partial charge in [0.25, 0.3) is 6.01 Å². The molecule has 12 heteroatoms. The van der Waals surface area contributed by atoms with E-state index in [1.54, 1.807) is 6.07 Å². The van der Waals surface area contributed by atoms with Gasteiger partial charge in [-0.2, -0.15) is 4.98 Å². The number of ether oxygens (including phenoxy) is 4. The predicted octanol–water partition coefficient (Wildman–Crippen LogP) is 2.42. The van der Waals surface area contributed by atoms with Crippen molar-refractivity contribution in [1.82, 2.24) is 15.0 Å². The number of benzene rings is 1. The number of halogens is 3. The fraction of sp³-hybridized carbons (Fsp3) is 0.400. The van der Waals surface area contributed by atoms with Crippen LogP contribution in [0.1, 0.15) is 5.56 Å². The maximum Gasteiger partial charge on any atom is 0.296 e. The van der Waals surface area contributed by atoms with E-state index in [-0.39, 0.29) is 54.0 Å². The molecule has 3 aromatic rings. The zero-order chi connectivity index (χ0) is 22.4. The summed E-state index contributed by atoms with van der Waals surface area (Å²) in [6, 6.07) is 4.10. The zero-order valence-corrected chi connectivity index (χ0v) is 17.5. The Hall–Kier alpha value is -2.73. The van der Waals surface area contributed by atoms with Gasteiger partial charge in [0.1, 0.15) is 29.9 Å². The number of fused-ring (bicyclic) bond motifs is 2. The van der Waals surface area contributed by atoms with Gasteiger partial charge in [-0.15, -0.1) is 0 Å². The van der Waals surface area contributed by atoms with Crippen LogP contribution in [0, 0.1) is 11.6 Å². The molecule has 1 unspecified atom stereocenters. The van der Waals surface area contributed by atoms with E-state index in [1.807, 2.05) is 0 Å². The van der Waals surface area contributed by atoms with Gasteiger partial charge < -0.3 is 34.4 Å². The molecule has 170 valence electrons. The lowest BCUT2D eigenvalue weighted by molar-refractivity contribution is 0.00706. The molecule has 2 aromatic heterocycles. The summed E-state index contributed by atoms with van der Waals surface area (Å²) >= 11 is 6.28. The van der Waals surface area contributed by atoms with Gasteiger partial charge in [-0.1, -0.05) is 11.6 Å². The summed E-state index contributed by atoms with van der Waals surface area (Å²) in [6.07, 6.45) is -1.94. The Bertz CT molecular complexity index is 1160. The number of aliphatic hydroxyl groups is 1. The van der Waals surface area contributed by atoms with Crippen molar-refractivity contribution in [2.75, 3.05) is 25.6 Å². The lowest BCUT2D eigenvalue weighted by Crippen LogP contribution is -2.34. The molecule has 9 nitrogen and oxygen atoms in total. The molecule has 0 radical (unpaired) electrons. The zero-order valence-electron chi connectivity index (χ0n) is 16.8. The number of rotatable bonds is 6. The van der Waals surface area contributed by atoms with Gasteiger partial charge in [-0.25, -0.2) is 13.8 Å². The molecule has 0 saturated carbocycles. The molecule has 0 spiro atoms. The van der Waals surface area contributed by atoms with Gasteiger partial charge in [-0.3, -0.25) is 0 Å². The molecule has 32 heavy (non-hydrogen) atoms. The number of nitrogens with one attached hydrogen (secondary N) is 2. The molecule has 2 fully saturated rings. The second-order valence-corrected chi connectivity index (χ2v) is 7.85. The third kappa shape index (κ3) is 3.71. The highest BCUT2D eigenvalue weighted by Crippen LogP contribution is 2.31. The number of nitrogens with zero attached hydrogens (tertiary/aromatic N) is 2. The number of methoxy groups -OCH3 is 1. The molecule has 0 amide bonds. The average molecular weight is 469 g/mol. The van der Waals surface area contributed by atoms with E-state index in [0.717, 1.165) is 6.07 Å². The van der Waals surface area contributed by atoms with Crippen molar-refractivity contribution in [2.45, 2.75) is 31.0 Å². The molecule has 2 aliphatic rings. The van der Waals surface area contributed by atoms with Crippen LogP contribution < -0.4 is 14.8 Å². The fourth-order valence-corrected chi connectivity index (χ4v) is 4.05. The monoisotopic (exact) mass is 468 g/mol. The second kappa shape index (κ2) is 8.32. The van der Waals surface area contributed by atoms with E-state index in [9.17, 15) is 13.9 Å². The molecular weight excluding hydrogens is 450 g/mol. The Balaban J connectivity index is 1.33. The van der Waals surface area contributed by atoms with E-state index in [0.29, 0.717) is 11.2 Å². The lowest BCUT2D eigenvalue weighted by Gasteiger charge is -2.15. The maximum absolute atomic E-state index is 14.4. The van der Waals surface area contributed by atoms with E-state index in [1.165, 1.54) is 13.2 Å². The Morgan fingerprint density at radius 3 is 2.88 bits per heavy atom. The molecule has 4 atom stereocenters. The SMILES string of the molecule is COc1ccc(F)c(CNc2nc3nc(O[C@@H]4COC5[C@H](O)CO[C@@H]54)[nH]c3cc2Cl)c1F. The topological polar surface area (TPSA) is 111 Å². The Morgan fingerprint density at radius 2 is 2.06 bits per heavy atom. The van der Waals surface area contributed by atoms with E-state index in [2.05, 4.69) is 20.3 Å². The van der Waals surface area contributed by atoms with E-state index in [4.69, 9.17) is 30.5 Å². The quantitative estimate of drug-likeness (QED) is 0.506. The van der Waals surface area contributed by atoms with Crippen molar-refractivity contribution < 1.29 is 32.8 Å². The van der Waals surface area contributed by atoms with Crippen LogP contribution in [0.5, 0.6) is 11.8 Å². The number of pyridine rings is 1. The minimum absolute atomic E-state index is 0.0660. The van der Waals surface area contributed by atoms with Crippen LogP contribution in [0.4, 0.5) is 14.6 Å². The molecule has 1 aromatic carbocycles. The molecule has 0 aliphatic carbocycles. The van der Waals surface area contributed by atoms with Crippen molar-refractivity contribution >= 4 is 28.6 Å². The van der Waals surface area contributed by atoms with E-state index < -0.39 is 29.9 Å². The third-order valence-electron chi connectivity index (χ3n) is 5.45. The Morgan fingerprint density at radius 1 is 1.25 bits per heavy atom. The number of H-pyrrole nitrogens is 1. The summed E-state index contributed by atoms with van der Waals surface area (Å²) in [5, 5.41) is 12.9. The highest BCUT2D eigenvalue weighted by molar-refractivity contribution is 6.33. The van der Waals surface area contributed by atoms with Gasteiger partial charge >= 0.3 is 0 Å². The number of aromatic amines is 1. The Kier molecular flexibility index (Phi) is 5.49. The highest BCUT2D eigenvalue weighted by Gasteiger charge is 2.48. The summed E-state index contributed by atoms with van der Waals surface area (Å²) in [5.41, 5.74) is 0.598. The minimum atomic E-state index is -0.802. The first-order valence-corrected chi connectivity index (χ1v) is 10.2. The summed E-state index contributed by atoms with van der Waals surface area (Å²) < 4.78 is 50.3. The van der Waals surface area contributed by atoms with Gasteiger partial charge in [0, 0.05) is 12.1 Å². The van der Waals surface area contributed by atoms with Crippen molar-refractivity contribution in [3.05, 3.63) is 40.4 Å². The second-order valence-electron chi connectivity index (χ2n) is 7.45. The van der Waals surface area contributed by atoms with Crippen LogP contribution in [-0.2, 0) is 16.0 Å². The number of hydrogen-bond acceptors (Lipinski definition) is 8. The molecule has 3 N–H and O–H groups in total. The smallest absolute Gasteiger partial charge is 0.296 e. The van der Waals surface area contributed by atoms with Gasteiger partial charge in [0.15, 0.2) is 23.3 Å². The third-order valence-corrected chi connectivity index (χ3v) is 5.74. The standard InChI is InChI=1S/C20H19ClF2N4O5/c1-29-13-3-2-10(22)8(15(13)23)5-24-18-9(21)4-11-19(26-18)27-20(25-11)32-14-7-31-16-12(28)6-30-17(14)16/h2-4,12,14,16-17,28H,5-7H2,1H3,(H2,24,25,26,27)/t12-,14-,16?,17-/m1/s1. The first-order chi connectivity index (χ1) is 15.4. The first kappa shape index (κ1) is 21.1. The Labute approximate surface area is 185 Å². The molecule has 5 rings (SSSR count). The lowest BCUT2D eigenvalue weighted by atomic mass is 10.1. The molecule has 2 aliphatic heterocycles. The predicted molar refractivity (Wildman–Crippen MR) is 109 cm³/mol. The molecule has 0 bridgehead atoms.